The van der Waals surface area contributed by atoms with Gasteiger partial charge in [0, 0.05) is 66.8 Å². The summed E-state index contributed by atoms with van der Waals surface area (Å²) >= 11 is 6.56. The van der Waals surface area contributed by atoms with Crippen molar-refractivity contribution in [3.63, 3.8) is 0 Å². The van der Waals surface area contributed by atoms with Crippen molar-refractivity contribution in [3.05, 3.63) is 65.3 Å². The van der Waals surface area contributed by atoms with Gasteiger partial charge in [-0.05, 0) is 36.4 Å². The molecule has 0 aliphatic carbocycles. The molecule has 4 aromatic rings. The van der Waals surface area contributed by atoms with Crippen molar-refractivity contribution >= 4 is 45.4 Å². The molecule has 1 N–H and O–H groups in total. The molecule has 8 heteroatoms. The first-order chi connectivity index (χ1) is 15.4. The minimum Gasteiger partial charge on any atom is -0.465 e. The van der Waals surface area contributed by atoms with Crippen molar-refractivity contribution in [2.75, 3.05) is 26.2 Å². The number of piperazine rings is 1. The average Bonchev–Trinajstić information content (AvgIpc) is 3.18. The van der Waals surface area contributed by atoms with E-state index in [0.29, 0.717) is 42.3 Å². The summed E-state index contributed by atoms with van der Waals surface area (Å²) < 4.78 is 2.06. The maximum Gasteiger partial charge on any atom is 0.407 e. The van der Waals surface area contributed by atoms with Gasteiger partial charge in [-0.25, -0.2) is 9.78 Å². The number of carbonyl (C=O) groups is 2. The van der Waals surface area contributed by atoms with E-state index in [2.05, 4.69) is 22.8 Å². The maximum absolute atomic E-state index is 13.0. The quantitative estimate of drug-likeness (QED) is 0.490. The minimum absolute atomic E-state index is 0.133. The van der Waals surface area contributed by atoms with Crippen LogP contribution in [0.1, 0.15) is 10.4 Å². The van der Waals surface area contributed by atoms with Gasteiger partial charge in [0.1, 0.15) is 0 Å². The lowest BCUT2D eigenvalue weighted by Crippen LogP contribution is -2.50. The van der Waals surface area contributed by atoms with Crippen LogP contribution >= 0.6 is 11.6 Å². The largest absolute Gasteiger partial charge is 0.465 e. The molecule has 162 valence electrons. The molecular formula is C24H21ClN4O3. The average molecular weight is 449 g/mol. The number of aryl methyl sites for hydroxylation is 1. The third-order valence-electron chi connectivity index (χ3n) is 6.02. The summed E-state index contributed by atoms with van der Waals surface area (Å²) in [6.07, 6.45) is 1.06. The second kappa shape index (κ2) is 7.84. The fourth-order valence-corrected chi connectivity index (χ4v) is 4.45. The highest BCUT2D eigenvalue weighted by molar-refractivity contribution is 6.35. The Morgan fingerprint density at radius 3 is 2.47 bits per heavy atom. The fourth-order valence-electron chi connectivity index (χ4n) is 4.19. The first-order valence-electron chi connectivity index (χ1n) is 10.3. The summed E-state index contributed by atoms with van der Waals surface area (Å²) in [7, 11) is 2.01. The standard InChI is InChI=1S/C24H21ClN4O3/c1-27-7-6-16-12-15(3-5-22(16)27)20-14-19(25)18-4-2-17(13-21(18)26-20)23(30)28-8-10-29(11-9-28)24(31)32/h2-7,12-14H,8-11H2,1H3,(H,31,32). The summed E-state index contributed by atoms with van der Waals surface area (Å²) in [5.74, 6) is -0.133. The lowest BCUT2D eigenvalue weighted by Gasteiger charge is -2.33. The molecule has 2 aromatic heterocycles. The first-order valence-corrected chi connectivity index (χ1v) is 10.7. The Labute approximate surface area is 189 Å². The molecule has 3 heterocycles. The van der Waals surface area contributed by atoms with E-state index in [1.54, 1.807) is 17.0 Å². The number of hydrogen-bond acceptors (Lipinski definition) is 3. The molecule has 1 fully saturated rings. The second-order valence-electron chi connectivity index (χ2n) is 7.98. The van der Waals surface area contributed by atoms with Crippen molar-refractivity contribution in [1.82, 2.24) is 19.4 Å². The van der Waals surface area contributed by atoms with E-state index in [1.165, 1.54) is 4.90 Å². The summed E-state index contributed by atoms with van der Waals surface area (Å²) in [5.41, 5.74) is 4.00. The fraction of sp³-hybridized carbons (Fsp3) is 0.208. The van der Waals surface area contributed by atoms with E-state index in [1.807, 2.05) is 31.4 Å². The molecule has 0 spiro atoms. The highest BCUT2D eigenvalue weighted by atomic mass is 35.5. The molecule has 0 atom stereocenters. The van der Waals surface area contributed by atoms with E-state index in [-0.39, 0.29) is 5.91 Å². The number of hydrogen-bond donors (Lipinski definition) is 1. The molecule has 7 nitrogen and oxygen atoms in total. The molecule has 0 saturated carbocycles. The van der Waals surface area contributed by atoms with Crippen molar-refractivity contribution in [3.8, 4) is 11.3 Å². The molecule has 0 unspecified atom stereocenters. The SMILES string of the molecule is Cn1ccc2cc(-c3cc(Cl)c4ccc(C(=O)N5CCN(C(=O)O)CC5)cc4n3)ccc21. The van der Waals surface area contributed by atoms with Gasteiger partial charge < -0.3 is 19.5 Å². The van der Waals surface area contributed by atoms with Gasteiger partial charge in [-0.3, -0.25) is 4.79 Å². The van der Waals surface area contributed by atoms with Gasteiger partial charge in [-0.2, -0.15) is 0 Å². The Bertz CT molecular complexity index is 1370. The second-order valence-corrected chi connectivity index (χ2v) is 8.39. The maximum atomic E-state index is 13.0. The third kappa shape index (κ3) is 3.54. The lowest BCUT2D eigenvalue weighted by molar-refractivity contribution is 0.0625. The summed E-state index contributed by atoms with van der Waals surface area (Å²) in [4.78, 5) is 31.9. The van der Waals surface area contributed by atoms with E-state index in [0.717, 1.165) is 27.5 Å². The number of rotatable bonds is 2. The molecule has 2 aromatic carbocycles. The topological polar surface area (TPSA) is 78.7 Å². The third-order valence-corrected chi connectivity index (χ3v) is 6.34. The van der Waals surface area contributed by atoms with Crippen molar-refractivity contribution < 1.29 is 14.7 Å². The number of pyridine rings is 1. The van der Waals surface area contributed by atoms with Crippen molar-refractivity contribution in [2.24, 2.45) is 7.05 Å². The van der Waals surface area contributed by atoms with Crippen LogP contribution in [0.25, 0.3) is 33.1 Å². The molecule has 1 aliphatic rings. The number of halogens is 1. The Hall–Kier alpha value is -3.58. The Balaban J connectivity index is 1.47. The molecule has 1 saturated heterocycles. The number of carbonyl (C=O) groups excluding carboxylic acids is 1. The smallest absolute Gasteiger partial charge is 0.407 e. The molecule has 32 heavy (non-hydrogen) atoms. The van der Waals surface area contributed by atoms with Crippen LogP contribution in [0, 0.1) is 0 Å². The predicted octanol–water partition coefficient (Wildman–Crippen LogP) is 4.48. The Morgan fingerprint density at radius 2 is 1.72 bits per heavy atom. The van der Waals surface area contributed by atoms with Crippen molar-refractivity contribution in [1.29, 1.82) is 0 Å². The number of aromatic nitrogens is 2. The van der Waals surface area contributed by atoms with Crippen LogP contribution in [0.5, 0.6) is 0 Å². The highest BCUT2D eigenvalue weighted by Gasteiger charge is 2.24. The summed E-state index contributed by atoms with van der Waals surface area (Å²) in [6.45, 7) is 1.36. The van der Waals surface area contributed by atoms with Gasteiger partial charge in [0.05, 0.1) is 16.2 Å². The van der Waals surface area contributed by atoms with Crippen molar-refractivity contribution in [2.45, 2.75) is 0 Å². The molecule has 1 aliphatic heterocycles. The molecule has 0 bridgehead atoms. The van der Waals surface area contributed by atoms with Gasteiger partial charge in [-0.1, -0.05) is 23.7 Å². The summed E-state index contributed by atoms with van der Waals surface area (Å²) in [6, 6.07) is 15.4. The van der Waals surface area contributed by atoms with Gasteiger partial charge in [0.15, 0.2) is 0 Å². The van der Waals surface area contributed by atoms with Crippen LogP contribution in [0.15, 0.2) is 54.7 Å². The van der Waals surface area contributed by atoms with Gasteiger partial charge in [0.25, 0.3) is 5.91 Å². The van der Waals surface area contributed by atoms with Crippen LogP contribution < -0.4 is 0 Å². The van der Waals surface area contributed by atoms with Crippen LogP contribution in [-0.4, -0.2) is 62.6 Å². The van der Waals surface area contributed by atoms with Gasteiger partial charge in [-0.15, -0.1) is 0 Å². The van der Waals surface area contributed by atoms with Crippen LogP contribution in [-0.2, 0) is 7.05 Å². The number of nitrogens with zero attached hydrogens (tertiary/aromatic N) is 4. The zero-order valence-electron chi connectivity index (χ0n) is 17.5. The van der Waals surface area contributed by atoms with Gasteiger partial charge >= 0.3 is 6.09 Å². The molecule has 5 rings (SSSR count). The monoisotopic (exact) mass is 448 g/mol. The zero-order chi connectivity index (χ0) is 22.4. The van der Waals surface area contributed by atoms with Gasteiger partial charge in [0.2, 0.25) is 0 Å². The Kier molecular flexibility index (Phi) is 4.98. The van der Waals surface area contributed by atoms with E-state index in [9.17, 15) is 9.59 Å². The predicted molar refractivity (Wildman–Crippen MR) is 124 cm³/mol. The number of fused-ring (bicyclic) bond motifs is 2. The van der Waals surface area contributed by atoms with E-state index < -0.39 is 6.09 Å². The van der Waals surface area contributed by atoms with E-state index >= 15 is 0 Å². The normalized spacial score (nSPS) is 14.3. The number of benzene rings is 2. The molecule has 2 amide bonds. The zero-order valence-corrected chi connectivity index (χ0v) is 18.2. The van der Waals surface area contributed by atoms with E-state index in [4.69, 9.17) is 21.7 Å². The highest BCUT2D eigenvalue weighted by Crippen LogP contribution is 2.30. The number of carboxylic acid groups (broad SMARTS) is 1. The minimum atomic E-state index is -0.956. The first kappa shape index (κ1) is 20.3. The lowest BCUT2D eigenvalue weighted by atomic mass is 10.1. The molecular weight excluding hydrogens is 428 g/mol. The molecule has 0 radical (unpaired) electrons. The van der Waals surface area contributed by atoms with Crippen LogP contribution in [0.2, 0.25) is 5.02 Å². The van der Waals surface area contributed by atoms with Crippen LogP contribution in [0.4, 0.5) is 4.79 Å². The number of amides is 2. The summed E-state index contributed by atoms with van der Waals surface area (Å²) in [5, 5.41) is 11.6. The Morgan fingerprint density at radius 1 is 0.969 bits per heavy atom. The van der Waals surface area contributed by atoms with Crippen LogP contribution in [0.3, 0.4) is 0 Å².